The van der Waals surface area contributed by atoms with Gasteiger partial charge in [-0.25, -0.2) is 4.98 Å². The summed E-state index contributed by atoms with van der Waals surface area (Å²) in [5.41, 5.74) is 2.03. The fourth-order valence-electron chi connectivity index (χ4n) is 2.25. The molecule has 0 aliphatic rings. The summed E-state index contributed by atoms with van der Waals surface area (Å²) in [4.78, 5) is 16.8. The third kappa shape index (κ3) is 3.74. The number of carbonyl (C=O) groups is 1. The molecule has 21 heavy (non-hydrogen) atoms. The Bertz CT molecular complexity index is 625. The summed E-state index contributed by atoms with van der Waals surface area (Å²) in [6.45, 7) is 2.77. The highest BCUT2D eigenvalue weighted by Gasteiger charge is 2.17. The number of fused-ring (bicyclic) bond motifs is 1. The Labute approximate surface area is 128 Å². The van der Waals surface area contributed by atoms with E-state index >= 15 is 0 Å². The van der Waals surface area contributed by atoms with E-state index < -0.39 is 0 Å². The second-order valence-corrected chi connectivity index (χ2v) is 5.31. The molecule has 6 heteroatoms. The number of nitrogens with one attached hydrogen (secondary N) is 1. The minimum absolute atomic E-state index is 0.120. The number of aliphatic hydroxyl groups is 1. The van der Waals surface area contributed by atoms with Gasteiger partial charge in [-0.3, -0.25) is 9.20 Å². The number of aromatic nitrogens is 2. The molecule has 2 rings (SSSR count). The Morgan fingerprint density at radius 2 is 2.24 bits per heavy atom. The Balaban J connectivity index is 2.14. The molecule has 114 valence electrons. The monoisotopic (exact) mass is 309 g/mol. The van der Waals surface area contributed by atoms with Crippen molar-refractivity contribution in [3.63, 3.8) is 0 Å². The number of rotatable bonds is 7. The van der Waals surface area contributed by atoms with Gasteiger partial charge in [-0.15, -0.1) is 0 Å². The normalized spacial score (nSPS) is 11.0. The van der Waals surface area contributed by atoms with Crippen molar-refractivity contribution in [2.45, 2.75) is 32.6 Å². The first kappa shape index (κ1) is 15.8. The number of nitrogens with zero attached hydrogens (tertiary/aromatic N) is 2. The largest absolute Gasteiger partial charge is 0.396 e. The van der Waals surface area contributed by atoms with Gasteiger partial charge in [-0.1, -0.05) is 18.5 Å². The van der Waals surface area contributed by atoms with Crippen LogP contribution in [0.3, 0.4) is 0 Å². The van der Waals surface area contributed by atoms with Gasteiger partial charge in [-0.05, 0) is 31.7 Å². The molecule has 0 atom stereocenters. The van der Waals surface area contributed by atoms with E-state index in [-0.39, 0.29) is 12.5 Å². The molecule has 0 spiro atoms. The highest BCUT2D eigenvalue weighted by molar-refractivity contribution is 6.30. The van der Waals surface area contributed by atoms with Crippen molar-refractivity contribution >= 4 is 23.2 Å². The molecule has 0 unspecified atom stereocenters. The van der Waals surface area contributed by atoms with Crippen molar-refractivity contribution in [1.29, 1.82) is 0 Å². The number of hydrogen-bond donors (Lipinski definition) is 2. The third-order valence-electron chi connectivity index (χ3n) is 3.33. The number of amides is 1. The summed E-state index contributed by atoms with van der Waals surface area (Å²) in [6, 6.07) is 3.49. The number of pyridine rings is 1. The van der Waals surface area contributed by atoms with Crippen molar-refractivity contribution in [2.24, 2.45) is 0 Å². The maximum atomic E-state index is 12.4. The summed E-state index contributed by atoms with van der Waals surface area (Å²) in [5.74, 6) is -0.120. The molecule has 2 N–H and O–H groups in total. The van der Waals surface area contributed by atoms with Crippen LogP contribution in [0.15, 0.2) is 18.3 Å². The van der Waals surface area contributed by atoms with Gasteiger partial charge in [-0.2, -0.15) is 0 Å². The molecule has 0 aromatic carbocycles. The molecule has 0 radical (unpaired) electrons. The van der Waals surface area contributed by atoms with Gasteiger partial charge in [0.25, 0.3) is 5.91 Å². The van der Waals surface area contributed by atoms with E-state index in [1.54, 1.807) is 22.7 Å². The fourth-order valence-corrected chi connectivity index (χ4v) is 2.41. The summed E-state index contributed by atoms with van der Waals surface area (Å²) < 4.78 is 1.77. The SMILES string of the molecule is CCc1nc2cc(Cl)ccn2c1C(=O)NCCCCCO. The molecule has 0 aliphatic carbocycles. The molecule has 0 saturated heterocycles. The number of halogens is 1. The fraction of sp³-hybridized carbons (Fsp3) is 0.467. The molecule has 0 saturated carbocycles. The lowest BCUT2D eigenvalue weighted by molar-refractivity contribution is 0.0946. The van der Waals surface area contributed by atoms with Crippen molar-refractivity contribution in [1.82, 2.24) is 14.7 Å². The molecule has 0 fully saturated rings. The summed E-state index contributed by atoms with van der Waals surface area (Å²) in [5, 5.41) is 12.2. The van der Waals surface area contributed by atoms with Crippen LogP contribution < -0.4 is 5.32 Å². The van der Waals surface area contributed by atoms with E-state index in [9.17, 15) is 4.79 Å². The van der Waals surface area contributed by atoms with E-state index in [1.807, 2.05) is 6.92 Å². The lowest BCUT2D eigenvalue weighted by Crippen LogP contribution is -2.26. The number of aryl methyl sites for hydroxylation is 1. The van der Waals surface area contributed by atoms with Crippen molar-refractivity contribution < 1.29 is 9.90 Å². The van der Waals surface area contributed by atoms with Gasteiger partial charge < -0.3 is 10.4 Å². The van der Waals surface area contributed by atoms with E-state index in [2.05, 4.69) is 10.3 Å². The van der Waals surface area contributed by atoms with Gasteiger partial charge in [0.15, 0.2) is 0 Å². The Morgan fingerprint density at radius 1 is 1.43 bits per heavy atom. The second-order valence-electron chi connectivity index (χ2n) is 4.87. The van der Waals surface area contributed by atoms with E-state index in [0.717, 1.165) is 25.0 Å². The van der Waals surface area contributed by atoms with Crippen LogP contribution in [0.25, 0.3) is 5.65 Å². The first-order chi connectivity index (χ1) is 10.2. The van der Waals surface area contributed by atoms with Crippen molar-refractivity contribution in [3.8, 4) is 0 Å². The third-order valence-corrected chi connectivity index (χ3v) is 3.57. The maximum absolute atomic E-state index is 12.4. The smallest absolute Gasteiger partial charge is 0.270 e. The highest BCUT2D eigenvalue weighted by Crippen LogP contribution is 2.17. The molecule has 2 heterocycles. The van der Waals surface area contributed by atoms with Crippen LogP contribution in [0.2, 0.25) is 5.02 Å². The minimum atomic E-state index is -0.120. The minimum Gasteiger partial charge on any atom is -0.396 e. The number of imidazole rings is 1. The number of carbonyl (C=O) groups excluding carboxylic acids is 1. The van der Waals surface area contributed by atoms with Gasteiger partial charge in [0.1, 0.15) is 11.3 Å². The first-order valence-electron chi connectivity index (χ1n) is 7.23. The van der Waals surface area contributed by atoms with Crippen LogP contribution in [-0.2, 0) is 6.42 Å². The molecular weight excluding hydrogens is 290 g/mol. The molecule has 2 aromatic heterocycles. The predicted molar refractivity (Wildman–Crippen MR) is 82.9 cm³/mol. The van der Waals surface area contributed by atoms with Gasteiger partial charge in [0.05, 0.1) is 5.69 Å². The first-order valence-corrected chi connectivity index (χ1v) is 7.60. The van der Waals surface area contributed by atoms with Gasteiger partial charge >= 0.3 is 0 Å². The maximum Gasteiger partial charge on any atom is 0.270 e. The van der Waals surface area contributed by atoms with Crippen LogP contribution in [0.4, 0.5) is 0 Å². The second kappa shape index (κ2) is 7.43. The lowest BCUT2D eigenvalue weighted by atomic mass is 10.2. The van der Waals surface area contributed by atoms with Crippen LogP contribution >= 0.6 is 11.6 Å². The Kier molecular flexibility index (Phi) is 5.59. The Morgan fingerprint density at radius 3 is 2.95 bits per heavy atom. The average Bonchev–Trinajstić information content (AvgIpc) is 2.84. The Hall–Kier alpha value is -1.59. The topological polar surface area (TPSA) is 66.6 Å². The van der Waals surface area contributed by atoms with Crippen LogP contribution in [0.5, 0.6) is 0 Å². The van der Waals surface area contributed by atoms with Gasteiger partial charge in [0, 0.05) is 30.4 Å². The zero-order chi connectivity index (χ0) is 15.2. The molecule has 0 aliphatic heterocycles. The summed E-state index contributed by atoms with van der Waals surface area (Å²) >= 11 is 5.96. The van der Waals surface area contributed by atoms with Crippen LogP contribution in [0, 0.1) is 0 Å². The van der Waals surface area contributed by atoms with E-state index in [1.165, 1.54) is 0 Å². The van der Waals surface area contributed by atoms with E-state index in [0.29, 0.717) is 29.3 Å². The zero-order valence-corrected chi connectivity index (χ0v) is 12.9. The van der Waals surface area contributed by atoms with Crippen molar-refractivity contribution in [2.75, 3.05) is 13.2 Å². The highest BCUT2D eigenvalue weighted by atomic mass is 35.5. The number of unbranched alkanes of at least 4 members (excludes halogenated alkanes) is 2. The van der Waals surface area contributed by atoms with Crippen LogP contribution in [-0.4, -0.2) is 33.6 Å². The number of aliphatic hydroxyl groups excluding tert-OH is 1. The standard InChI is InChI=1S/C15H20ClN3O2/c1-2-12-14(15(21)17-7-4-3-5-9-20)19-8-6-11(16)10-13(19)18-12/h6,8,10,20H,2-5,7,9H2,1H3,(H,17,21). The zero-order valence-electron chi connectivity index (χ0n) is 12.1. The summed E-state index contributed by atoms with van der Waals surface area (Å²) in [6.07, 6.45) is 4.98. The molecule has 2 aromatic rings. The predicted octanol–water partition coefficient (Wildman–Crippen LogP) is 2.44. The lowest BCUT2D eigenvalue weighted by Gasteiger charge is -2.06. The van der Waals surface area contributed by atoms with Crippen LogP contribution in [0.1, 0.15) is 42.4 Å². The number of hydrogen-bond acceptors (Lipinski definition) is 3. The molecule has 1 amide bonds. The average molecular weight is 310 g/mol. The molecule has 5 nitrogen and oxygen atoms in total. The van der Waals surface area contributed by atoms with Crippen molar-refractivity contribution in [3.05, 3.63) is 34.7 Å². The van der Waals surface area contributed by atoms with E-state index in [4.69, 9.17) is 16.7 Å². The quantitative estimate of drug-likeness (QED) is 0.772. The van der Waals surface area contributed by atoms with Gasteiger partial charge in [0.2, 0.25) is 0 Å². The summed E-state index contributed by atoms with van der Waals surface area (Å²) in [7, 11) is 0. The molecular formula is C15H20ClN3O2. The molecule has 0 bridgehead atoms.